The zero-order valence-corrected chi connectivity index (χ0v) is 21.7. The van der Waals surface area contributed by atoms with E-state index in [2.05, 4.69) is 13.2 Å². The lowest BCUT2D eigenvalue weighted by molar-refractivity contribution is -0.149. The number of ether oxygens (including phenoxy) is 10. The summed E-state index contributed by atoms with van der Waals surface area (Å²) in [7, 11) is 0. The lowest BCUT2D eigenvalue weighted by Gasteiger charge is -2.17. The van der Waals surface area contributed by atoms with E-state index in [4.69, 9.17) is 47.4 Å². The van der Waals surface area contributed by atoms with Crippen LogP contribution in [-0.2, 0) is 57.0 Å². The molecule has 212 valence electrons. The van der Waals surface area contributed by atoms with Gasteiger partial charge in [-0.25, -0.2) is 9.59 Å². The number of esters is 2. The number of hydrogen-bond donors (Lipinski definition) is 0. The first-order chi connectivity index (χ1) is 18.3. The largest absolute Gasteiger partial charge is 0.454 e. The van der Waals surface area contributed by atoms with Crippen molar-refractivity contribution >= 4 is 11.9 Å². The van der Waals surface area contributed by atoms with Gasteiger partial charge in [0, 0.05) is 11.1 Å². The molecule has 0 bridgehead atoms. The highest BCUT2D eigenvalue weighted by atomic mass is 16.7. The van der Waals surface area contributed by atoms with Crippen LogP contribution in [0, 0.1) is 0 Å². The van der Waals surface area contributed by atoms with E-state index < -0.39 is 11.9 Å². The standard InChI is InChI=1S/2C13H18O6/c2*1-7(2)13(14)19-10-6-18-11-9(5-17-12(10)11)16-4-8-3-15-8/h2*8-12H,1,3-6H2,2H3/t8?,9-,10?,11-,12-;8?,9-,10+,11+,12+/m10/s1. The fourth-order valence-corrected chi connectivity index (χ4v) is 4.61. The first-order valence-corrected chi connectivity index (χ1v) is 13.0. The summed E-state index contributed by atoms with van der Waals surface area (Å²) in [6.45, 7) is 14.6. The zero-order chi connectivity index (χ0) is 26.8. The van der Waals surface area contributed by atoms with Crippen molar-refractivity contribution in [1.82, 2.24) is 0 Å². The van der Waals surface area contributed by atoms with Crippen molar-refractivity contribution in [3.8, 4) is 0 Å². The van der Waals surface area contributed by atoms with Gasteiger partial charge in [-0.1, -0.05) is 13.2 Å². The van der Waals surface area contributed by atoms with Crippen LogP contribution >= 0.6 is 0 Å². The van der Waals surface area contributed by atoms with Crippen LogP contribution in [-0.4, -0.2) is 126 Å². The Morgan fingerprint density at radius 2 is 0.895 bits per heavy atom. The molecule has 0 radical (unpaired) electrons. The van der Waals surface area contributed by atoms with Crippen LogP contribution < -0.4 is 0 Å². The number of rotatable bonds is 10. The first-order valence-electron chi connectivity index (χ1n) is 13.0. The third-order valence-electron chi connectivity index (χ3n) is 6.94. The summed E-state index contributed by atoms with van der Waals surface area (Å²) in [6, 6.07) is 0. The van der Waals surface area contributed by atoms with Crippen LogP contribution in [0.4, 0.5) is 0 Å². The molecule has 0 N–H and O–H groups in total. The molecule has 0 aliphatic carbocycles. The Morgan fingerprint density at radius 1 is 0.579 bits per heavy atom. The third-order valence-corrected chi connectivity index (χ3v) is 6.94. The molecular weight excluding hydrogens is 504 g/mol. The Hall–Kier alpha value is -1.90. The van der Waals surface area contributed by atoms with E-state index in [1.54, 1.807) is 13.8 Å². The van der Waals surface area contributed by atoms with E-state index >= 15 is 0 Å². The van der Waals surface area contributed by atoms with Gasteiger partial charge >= 0.3 is 11.9 Å². The summed E-state index contributed by atoms with van der Waals surface area (Å²) in [6.07, 6.45) is -1.34. The molecule has 6 aliphatic rings. The molecule has 6 aliphatic heterocycles. The molecule has 6 rings (SSSR count). The van der Waals surface area contributed by atoms with Gasteiger partial charge in [-0.2, -0.15) is 0 Å². The fourth-order valence-electron chi connectivity index (χ4n) is 4.61. The first kappa shape index (κ1) is 27.7. The van der Waals surface area contributed by atoms with Gasteiger partial charge in [-0.3, -0.25) is 0 Å². The van der Waals surface area contributed by atoms with Gasteiger partial charge in [-0.15, -0.1) is 0 Å². The fraction of sp³-hybridized carbons (Fsp3) is 0.769. The summed E-state index contributed by atoms with van der Waals surface area (Å²) in [5, 5.41) is 0. The molecule has 12 heteroatoms. The molecule has 10 atom stereocenters. The highest BCUT2D eigenvalue weighted by Crippen LogP contribution is 2.32. The maximum absolute atomic E-state index is 11.5. The molecule has 0 amide bonds. The molecule has 0 spiro atoms. The Bertz CT molecular complexity index is 827. The van der Waals surface area contributed by atoms with Crippen molar-refractivity contribution in [2.24, 2.45) is 0 Å². The monoisotopic (exact) mass is 540 g/mol. The second-order valence-corrected chi connectivity index (χ2v) is 10.3. The maximum Gasteiger partial charge on any atom is 0.333 e. The molecule has 0 saturated carbocycles. The van der Waals surface area contributed by atoms with Gasteiger partial charge in [0.25, 0.3) is 0 Å². The van der Waals surface area contributed by atoms with E-state index in [0.717, 1.165) is 13.2 Å². The minimum absolute atomic E-state index is 0.109. The third kappa shape index (κ3) is 6.80. The van der Waals surface area contributed by atoms with Gasteiger partial charge in [0.2, 0.25) is 0 Å². The van der Waals surface area contributed by atoms with E-state index in [1.807, 2.05) is 0 Å². The highest BCUT2D eigenvalue weighted by molar-refractivity contribution is 5.87. The topological polar surface area (TPSA) is 133 Å². The normalized spacial score (nSPS) is 39.9. The maximum atomic E-state index is 11.5. The van der Waals surface area contributed by atoms with E-state index in [1.165, 1.54) is 0 Å². The Morgan fingerprint density at radius 3 is 1.21 bits per heavy atom. The van der Waals surface area contributed by atoms with Crippen molar-refractivity contribution in [2.75, 3.05) is 52.9 Å². The lowest BCUT2D eigenvalue weighted by atomic mass is 10.1. The van der Waals surface area contributed by atoms with Crippen LogP contribution in [0.2, 0.25) is 0 Å². The van der Waals surface area contributed by atoms with Crippen LogP contribution in [0.25, 0.3) is 0 Å². The number of hydrogen-bond acceptors (Lipinski definition) is 12. The molecule has 6 heterocycles. The van der Waals surface area contributed by atoms with Gasteiger partial charge in [0.15, 0.2) is 12.2 Å². The summed E-state index contributed by atoms with van der Waals surface area (Å²) < 4.78 is 54.8. The van der Waals surface area contributed by atoms with Crippen LogP contribution in [0.15, 0.2) is 24.3 Å². The molecule has 0 aromatic heterocycles. The highest BCUT2D eigenvalue weighted by Gasteiger charge is 2.51. The van der Waals surface area contributed by atoms with E-state index in [0.29, 0.717) is 50.8 Å². The minimum atomic E-state index is -0.409. The average Bonchev–Trinajstić information content (AvgIpc) is 3.72. The summed E-state index contributed by atoms with van der Waals surface area (Å²) >= 11 is 0. The van der Waals surface area contributed by atoms with Crippen molar-refractivity contribution in [3.05, 3.63) is 24.3 Å². The number of fused-ring (bicyclic) bond motifs is 2. The quantitative estimate of drug-likeness (QED) is 0.212. The van der Waals surface area contributed by atoms with E-state index in [9.17, 15) is 9.59 Å². The molecule has 6 fully saturated rings. The van der Waals surface area contributed by atoms with Crippen molar-refractivity contribution < 1.29 is 57.0 Å². The second kappa shape index (κ2) is 12.1. The Kier molecular flexibility index (Phi) is 8.80. The SMILES string of the molecule is C=C(C)C(=O)OC1CO[C@H]2[C@@H]1OC[C@H]2OCC1CO1.C=C(C)C(=O)O[C@@H]1CO[C@H]2[C@@H]1OC[C@@H]2OCC1CO1. The smallest absolute Gasteiger partial charge is 0.333 e. The predicted molar refractivity (Wildman–Crippen MR) is 127 cm³/mol. The zero-order valence-electron chi connectivity index (χ0n) is 21.7. The number of carbonyl (C=O) groups excluding carboxylic acids is 2. The second-order valence-electron chi connectivity index (χ2n) is 10.3. The molecule has 0 aromatic carbocycles. The lowest BCUT2D eigenvalue weighted by Crippen LogP contribution is -2.35. The van der Waals surface area contributed by atoms with Crippen LogP contribution in [0.1, 0.15) is 13.8 Å². The van der Waals surface area contributed by atoms with Crippen molar-refractivity contribution in [3.63, 3.8) is 0 Å². The number of epoxide rings is 2. The summed E-state index contributed by atoms with van der Waals surface area (Å²) in [5.74, 6) is -0.817. The summed E-state index contributed by atoms with van der Waals surface area (Å²) in [5.41, 5.74) is 0.750. The van der Waals surface area contributed by atoms with Gasteiger partial charge < -0.3 is 47.4 Å². The average molecular weight is 541 g/mol. The number of carbonyl (C=O) groups is 2. The van der Waals surface area contributed by atoms with Gasteiger partial charge in [0.1, 0.15) is 48.8 Å². The predicted octanol–water partition coefficient (Wildman–Crippen LogP) is 0.112. The molecule has 0 aromatic rings. The van der Waals surface area contributed by atoms with Crippen LogP contribution in [0.5, 0.6) is 0 Å². The molecule has 3 unspecified atom stereocenters. The van der Waals surface area contributed by atoms with Crippen molar-refractivity contribution in [2.45, 2.75) is 74.9 Å². The van der Waals surface area contributed by atoms with Gasteiger partial charge in [-0.05, 0) is 13.8 Å². The molecule has 38 heavy (non-hydrogen) atoms. The van der Waals surface area contributed by atoms with Crippen LogP contribution in [0.3, 0.4) is 0 Å². The Labute approximate surface area is 221 Å². The minimum Gasteiger partial charge on any atom is -0.454 e. The Balaban J connectivity index is 0.000000155. The van der Waals surface area contributed by atoms with Crippen molar-refractivity contribution in [1.29, 1.82) is 0 Å². The van der Waals surface area contributed by atoms with E-state index in [-0.39, 0.29) is 61.0 Å². The molecule has 12 nitrogen and oxygen atoms in total. The summed E-state index contributed by atoms with van der Waals surface area (Å²) in [4.78, 5) is 23.0. The van der Waals surface area contributed by atoms with Gasteiger partial charge in [0.05, 0.1) is 52.9 Å². The molecular formula is C26H36O12. The molecule has 6 saturated heterocycles.